The summed E-state index contributed by atoms with van der Waals surface area (Å²) in [6.45, 7) is 3.87. The SMILES string of the molecule is C[C@@]12O[C@@](C)(C[C@H](NC(=O)c3ccccc3)[C@@H]1O)[C@@H]1O[C@@H]12. The van der Waals surface area contributed by atoms with Crippen LogP contribution in [0.1, 0.15) is 30.6 Å². The van der Waals surface area contributed by atoms with Crippen LogP contribution in [0.5, 0.6) is 0 Å². The van der Waals surface area contributed by atoms with Gasteiger partial charge >= 0.3 is 0 Å². The van der Waals surface area contributed by atoms with E-state index in [2.05, 4.69) is 5.32 Å². The van der Waals surface area contributed by atoms with Crippen molar-refractivity contribution >= 4 is 5.91 Å². The van der Waals surface area contributed by atoms with E-state index in [4.69, 9.17) is 9.47 Å². The van der Waals surface area contributed by atoms with E-state index in [1.165, 1.54) is 0 Å². The molecule has 0 saturated carbocycles. The molecule has 3 saturated heterocycles. The van der Waals surface area contributed by atoms with Crippen LogP contribution in [0.25, 0.3) is 0 Å². The van der Waals surface area contributed by atoms with E-state index in [1.807, 2.05) is 32.0 Å². The molecule has 1 aromatic rings. The fraction of sp³-hybridized carbons (Fsp3) is 0.562. The lowest BCUT2D eigenvalue weighted by atomic mass is 9.86. The number of benzene rings is 1. The first-order valence-electron chi connectivity index (χ1n) is 7.34. The molecule has 3 heterocycles. The van der Waals surface area contributed by atoms with Crippen LogP contribution in [0.4, 0.5) is 0 Å². The number of nitrogens with one attached hydrogen (secondary N) is 1. The molecule has 0 spiro atoms. The average Bonchev–Trinajstić information content (AvgIpc) is 3.24. The zero-order valence-corrected chi connectivity index (χ0v) is 12.1. The zero-order valence-electron chi connectivity index (χ0n) is 12.1. The van der Waals surface area contributed by atoms with Gasteiger partial charge in [-0.3, -0.25) is 4.79 Å². The summed E-state index contributed by atoms with van der Waals surface area (Å²) in [4.78, 5) is 12.3. The first-order valence-corrected chi connectivity index (χ1v) is 7.34. The molecule has 3 aliphatic rings. The van der Waals surface area contributed by atoms with Crippen molar-refractivity contribution in [3.8, 4) is 0 Å². The fourth-order valence-electron chi connectivity index (χ4n) is 3.94. The summed E-state index contributed by atoms with van der Waals surface area (Å²) in [5.41, 5.74) is -0.556. The summed E-state index contributed by atoms with van der Waals surface area (Å²) in [6.07, 6.45) is -0.230. The van der Waals surface area contributed by atoms with Gasteiger partial charge in [0.2, 0.25) is 0 Å². The van der Waals surface area contributed by atoms with E-state index in [-0.39, 0.29) is 24.2 Å². The van der Waals surface area contributed by atoms with Gasteiger partial charge in [0.15, 0.2) is 0 Å². The zero-order chi connectivity index (χ0) is 14.8. The van der Waals surface area contributed by atoms with Crippen LogP contribution in [-0.2, 0) is 9.47 Å². The van der Waals surface area contributed by atoms with E-state index < -0.39 is 17.3 Å². The van der Waals surface area contributed by atoms with Gasteiger partial charge in [-0.1, -0.05) is 18.2 Å². The molecule has 2 N–H and O–H groups in total. The first kappa shape index (κ1) is 13.2. The van der Waals surface area contributed by atoms with Crippen LogP contribution in [-0.4, -0.2) is 46.6 Å². The minimum atomic E-state index is -0.768. The number of epoxide rings is 1. The molecule has 1 amide bonds. The molecule has 0 unspecified atom stereocenters. The highest BCUT2D eigenvalue weighted by molar-refractivity contribution is 5.94. The van der Waals surface area contributed by atoms with Crippen molar-refractivity contribution in [3.63, 3.8) is 0 Å². The number of carbonyl (C=O) groups excluding carboxylic acids is 1. The van der Waals surface area contributed by atoms with Crippen LogP contribution in [0.2, 0.25) is 0 Å². The third kappa shape index (κ3) is 1.78. The molecular formula is C16H19NO4. The quantitative estimate of drug-likeness (QED) is 0.792. The molecule has 112 valence electrons. The second-order valence-corrected chi connectivity index (χ2v) is 6.67. The van der Waals surface area contributed by atoms with E-state index in [9.17, 15) is 9.90 Å². The number of hydrogen-bond acceptors (Lipinski definition) is 4. The predicted octanol–water partition coefficient (Wildman–Crippen LogP) is 0.865. The number of hydrogen-bond donors (Lipinski definition) is 2. The lowest BCUT2D eigenvalue weighted by molar-refractivity contribution is -0.229. The summed E-state index contributed by atoms with van der Waals surface area (Å²) in [5, 5.41) is 13.6. The largest absolute Gasteiger partial charge is 0.388 e. The molecule has 0 aromatic heterocycles. The van der Waals surface area contributed by atoms with Crippen LogP contribution >= 0.6 is 0 Å². The molecule has 2 bridgehead atoms. The Balaban J connectivity index is 1.56. The summed E-state index contributed by atoms with van der Waals surface area (Å²) in [6, 6.07) is 8.72. The molecule has 5 nitrogen and oxygen atoms in total. The standard InChI is InChI=1S/C16H19NO4/c1-15-8-10(17-14(19)9-6-4-3-5-7-9)11(18)16(2,21-15)13-12(15)20-13/h3-7,10-13,18H,8H2,1-2H3,(H,17,19)/t10-,11-,12+,13-,15-,16+/m0/s1. The van der Waals surface area contributed by atoms with Crippen molar-refractivity contribution in [2.24, 2.45) is 0 Å². The third-order valence-corrected chi connectivity index (χ3v) is 5.06. The minimum absolute atomic E-state index is 0.0378. The van der Waals surface area contributed by atoms with E-state index in [0.29, 0.717) is 12.0 Å². The van der Waals surface area contributed by atoms with Crippen LogP contribution < -0.4 is 5.32 Å². The van der Waals surface area contributed by atoms with Gasteiger partial charge in [0, 0.05) is 12.0 Å². The normalized spacial score (nSPS) is 46.8. The lowest BCUT2D eigenvalue weighted by Gasteiger charge is -2.46. The minimum Gasteiger partial charge on any atom is -0.388 e. The van der Waals surface area contributed by atoms with Crippen LogP contribution in [0.15, 0.2) is 30.3 Å². The lowest BCUT2D eigenvalue weighted by Crippen LogP contribution is -2.63. The Bertz CT molecular complexity index is 591. The second kappa shape index (κ2) is 4.06. The molecule has 5 heteroatoms. The Morgan fingerprint density at radius 2 is 2.00 bits per heavy atom. The highest BCUT2D eigenvalue weighted by Gasteiger charge is 2.75. The van der Waals surface area contributed by atoms with Crippen LogP contribution in [0.3, 0.4) is 0 Å². The van der Waals surface area contributed by atoms with Gasteiger partial charge < -0.3 is 19.9 Å². The Morgan fingerprint density at radius 1 is 1.29 bits per heavy atom. The van der Waals surface area contributed by atoms with Crippen molar-refractivity contribution in [2.75, 3.05) is 0 Å². The number of aliphatic hydroxyl groups is 1. The Kier molecular flexibility index (Phi) is 2.56. The van der Waals surface area contributed by atoms with Gasteiger partial charge in [-0.2, -0.15) is 0 Å². The number of amides is 1. The number of rotatable bonds is 2. The van der Waals surface area contributed by atoms with E-state index >= 15 is 0 Å². The van der Waals surface area contributed by atoms with Crippen LogP contribution in [0, 0.1) is 0 Å². The molecule has 3 fully saturated rings. The van der Waals surface area contributed by atoms with Crippen molar-refractivity contribution in [1.82, 2.24) is 5.32 Å². The highest BCUT2D eigenvalue weighted by Crippen LogP contribution is 2.58. The Morgan fingerprint density at radius 3 is 2.71 bits per heavy atom. The second-order valence-electron chi connectivity index (χ2n) is 6.67. The molecule has 4 rings (SSSR count). The summed E-state index contributed by atoms with van der Waals surface area (Å²) in [7, 11) is 0. The topological polar surface area (TPSA) is 71.1 Å². The maximum absolute atomic E-state index is 12.3. The maximum Gasteiger partial charge on any atom is 0.251 e. The number of carbonyl (C=O) groups is 1. The van der Waals surface area contributed by atoms with Gasteiger partial charge in [0.05, 0.1) is 11.6 Å². The molecule has 6 atom stereocenters. The molecule has 3 aliphatic heterocycles. The highest BCUT2D eigenvalue weighted by atomic mass is 16.7. The smallest absolute Gasteiger partial charge is 0.251 e. The van der Waals surface area contributed by atoms with E-state index in [1.54, 1.807) is 12.1 Å². The van der Waals surface area contributed by atoms with Gasteiger partial charge in [-0.25, -0.2) is 0 Å². The van der Waals surface area contributed by atoms with Crippen molar-refractivity contribution in [3.05, 3.63) is 35.9 Å². The van der Waals surface area contributed by atoms with Crippen molar-refractivity contribution in [1.29, 1.82) is 0 Å². The molecule has 0 aliphatic carbocycles. The molecule has 0 radical (unpaired) electrons. The van der Waals surface area contributed by atoms with E-state index in [0.717, 1.165) is 0 Å². The molecular weight excluding hydrogens is 270 g/mol. The number of fused-ring (bicyclic) bond motifs is 5. The number of aliphatic hydroxyl groups excluding tert-OH is 1. The van der Waals surface area contributed by atoms with Gasteiger partial charge in [0.1, 0.15) is 23.9 Å². The maximum atomic E-state index is 12.3. The third-order valence-electron chi connectivity index (χ3n) is 5.06. The van der Waals surface area contributed by atoms with Gasteiger partial charge in [-0.05, 0) is 26.0 Å². The fourth-order valence-corrected chi connectivity index (χ4v) is 3.94. The summed E-state index contributed by atoms with van der Waals surface area (Å²) in [5.74, 6) is -0.164. The molecule has 21 heavy (non-hydrogen) atoms. The number of ether oxygens (including phenoxy) is 2. The Labute approximate surface area is 123 Å². The Hall–Kier alpha value is -1.43. The van der Waals surface area contributed by atoms with Gasteiger partial charge in [-0.15, -0.1) is 0 Å². The average molecular weight is 289 g/mol. The predicted molar refractivity (Wildman–Crippen MR) is 74.9 cm³/mol. The first-order chi connectivity index (χ1) is 9.94. The van der Waals surface area contributed by atoms with Crippen molar-refractivity contribution < 1.29 is 19.4 Å². The monoisotopic (exact) mass is 289 g/mol. The summed E-state index contributed by atoms with van der Waals surface area (Å²) < 4.78 is 11.7. The molecule has 1 aromatic carbocycles. The van der Waals surface area contributed by atoms with Gasteiger partial charge in [0.25, 0.3) is 5.91 Å². The van der Waals surface area contributed by atoms with Crippen molar-refractivity contribution in [2.45, 2.75) is 55.8 Å². The summed E-state index contributed by atoms with van der Waals surface area (Å²) >= 11 is 0.